The third-order valence-corrected chi connectivity index (χ3v) is 11.4. The summed E-state index contributed by atoms with van der Waals surface area (Å²) in [5.41, 5.74) is 2.91. The van der Waals surface area contributed by atoms with Crippen molar-refractivity contribution in [1.82, 2.24) is 30.5 Å². The summed E-state index contributed by atoms with van der Waals surface area (Å²) in [5, 5.41) is 28.5. The van der Waals surface area contributed by atoms with E-state index in [2.05, 4.69) is 25.9 Å². The number of rotatable bonds is 14. The van der Waals surface area contributed by atoms with Crippen LogP contribution in [0.3, 0.4) is 0 Å². The number of likely N-dealkylation sites (tertiary alicyclic amines) is 1. The van der Waals surface area contributed by atoms with Crippen LogP contribution in [0.1, 0.15) is 66.7 Å². The number of amides is 1. The molecule has 2 aliphatic heterocycles. The molecule has 2 aromatic carbocycles. The zero-order valence-electron chi connectivity index (χ0n) is 31.9. The SMILES string of the molecule is COc1nc(N[C@H]2CCc3c(-c4cccc(-c5ccc(CNC[C@@H]6CCC(=O)N6)c(OCC#N)n5)c4Cl)cccc32)c(C(F)(F)F)nc1CN1CC[C@@](C)(C(=O)O)C1. The molecule has 0 saturated carbocycles. The molecule has 4 heterocycles. The van der Waals surface area contributed by atoms with Gasteiger partial charge in [0.05, 0.1) is 29.3 Å². The quantitative estimate of drug-likeness (QED) is 0.108. The Labute approximate surface area is 337 Å². The summed E-state index contributed by atoms with van der Waals surface area (Å²) in [7, 11) is 1.31. The second-order valence-electron chi connectivity index (χ2n) is 15.0. The number of carboxylic acid groups (broad SMARTS) is 1. The smallest absolute Gasteiger partial charge is 0.437 e. The fourth-order valence-corrected chi connectivity index (χ4v) is 8.27. The van der Waals surface area contributed by atoms with Crippen LogP contribution in [0.5, 0.6) is 11.8 Å². The Morgan fingerprint density at radius 2 is 1.86 bits per heavy atom. The molecule has 0 spiro atoms. The number of aliphatic carboxylic acids is 1. The van der Waals surface area contributed by atoms with Crippen LogP contribution in [0.4, 0.5) is 19.0 Å². The van der Waals surface area contributed by atoms with E-state index in [9.17, 15) is 33.1 Å². The van der Waals surface area contributed by atoms with E-state index >= 15 is 0 Å². The normalized spacial score (nSPS) is 20.4. The van der Waals surface area contributed by atoms with E-state index < -0.39 is 35.1 Å². The van der Waals surface area contributed by atoms with E-state index in [4.69, 9.17) is 26.1 Å². The van der Waals surface area contributed by atoms with E-state index in [1.165, 1.54) is 7.11 Å². The average molecular weight is 819 g/mol. The molecule has 2 aromatic heterocycles. The minimum Gasteiger partial charge on any atom is -0.481 e. The van der Waals surface area contributed by atoms with Gasteiger partial charge in [-0.05, 0) is 61.9 Å². The van der Waals surface area contributed by atoms with Crippen LogP contribution in [-0.4, -0.2) is 76.2 Å². The van der Waals surface area contributed by atoms with Gasteiger partial charge in [-0.2, -0.15) is 23.4 Å². The molecule has 2 saturated heterocycles. The number of aromatic nitrogens is 3. The molecule has 0 radical (unpaired) electrons. The van der Waals surface area contributed by atoms with E-state index in [-0.39, 0.29) is 49.1 Å². The molecule has 2 fully saturated rings. The van der Waals surface area contributed by atoms with Crippen LogP contribution < -0.4 is 25.4 Å². The fraction of sp³-hybridized carbons (Fsp3) is 0.415. The lowest BCUT2D eigenvalue weighted by Gasteiger charge is -2.23. The second-order valence-corrected chi connectivity index (χ2v) is 15.4. The Morgan fingerprint density at radius 3 is 2.57 bits per heavy atom. The van der Waals surface area contributed by atoms with Crippen molar-refractivity contribution in [2.45, 2.75) is 70.4 Å². The number of carbonyl (C=O) groups is 2. The van der Waals surface area contributed by atoms with Crippen LogP contribution in [0, 0.1) is 16.7 Å². The molecule has 7 rings (SSSR count). The molecule has 58 heavy (non-hydrogen) atoms. The molecule has 1 aliphatic carbocycles. The first-order valence-electron chi connectivity index (χ1n) is 18.9. The maximum atomic E-state index is 14.6. The van der Waals surface area contributed by atoms with Crippen molar-refractivity contribution in [3.8, 4) is 40.2 Å². The molecule has 4 N–H and O–H groups in total. The number of carboxylic acids is 1. The summed E-state index contributed by atoms with van der Waals surface area (Å²) >= 11 is 7.14. The van der Waals surface area contributed by atoms with Crippen molar-refractivity contribution in [2.75, 3.05) is 38.7 Å². The maximum absolute atomic E-state index is 14.6. The van der Waals surface area contributed by atoms with Crippen LogP contribution >= 0.6 is 11.6 Å². The van der Waals surface area contributed by atoms with E-state index in [0.717, 1.165) is 28.7 Å². The summed E-state index contributed by atoms with van der Waals surface area (Å²) in [4.78, 5) is 38.1. The van der Waals surface area contributed by atoms with Gasteiger partial charge in [-0.3, -0.25) is 14.5 Å². The highest BCUT2D eigenvalue weighted by Gasteiger charge is 2.42. The van der Waals surface area contributed by atoms with Crippen molar-refractivity contribution in [1.29, 1.82) is 5.26 Å². The number of benzene rings is 2. The fourth-order valence-electron chi connectivity index (χ4n) is 7.95. The van der Waals surface area contributed by atoms with Crippen LogP contribution in [0.25, 0.3) is 22.4 Å². The number of pyridine rings is 1. The lowest BCUT2D eigenvalue weighted by molar-refractivity contribution is -0.147. The van der Waals surface area contributed by atoms with Gasteiger partial charge >= 0.3 is 12.1 Å². The minimum absolute atomic E-state index is 0.0289. The van der Waals surface area contributed by atoms with Crippen LogP contribution in [-0.2, 0) is 35.3 Å². The molecule has 4 aromatic rings. The van der Waals surface area contributed by atoms with Gasteiger partial charge in [0.15, 0.2) is 18.1 Å². The highest BCUT2D eigenvalue weighted by atomic mass is 35.5. The average Bonchev–Trinajstić information content (AvgIpc) is 3.92. The number of hydrogen-bond acceptors (Lipinski definition) is 11. The number of nitrogens with one attached hydrogen (secondary N) is 3. The zero-order valence-corrected chi connectivity index (χ0v) is 32.6. The summed E-state index contributed by atoms with van der Waals surface area (Å²) in [6.07, 6.45) is -2.21. The Balaban J connectivity index is 1.14. The van der Waals surface area contributed by atoms with Crippen molar-refractivity contribution in [3.05, 3.63) is 81.6 Å². The van der Waals surface area contributed by atoms with Crippen LogP contribution in [0.15, 0.2) is 48.5 Å². The highest BCUT2D eigenvalue weighted by molar-refractivity contribution is 6.36. The van der Waals surface area contributed by atoms with Crippen molar-refractivity contribution >= 4 is 29.3 Å². The largest absolute Gasteiger partial charge is 0.481 e. The monoisotopic (exact) mass is 818 g/mol. The van der Waals surface area contributed by atoms with Gasteiger partial charge in [0.1, 0.15) is 11.8 Å². The lowest BCUT2D eigenvalue weighted by Crippen LogP contribution is -2.35. The third-order valence-electron chi connectivity index (χ3n) is 11.0. The van der Waals surface area contributed by atoms with Gasteiger partial charge in [0.25, 0.3) is 0 Å². The van der Waals surface area contributed by atoms with Gasteiger partial charge in [0, 0.05) is 55.3 Å². The molecule has 0 bridgehead atoms. The van der Waals surface area contributed by atoms with Gasteiger partial charge in [-0.1, -0.05) is 54.1 Å². The van der Waals surface area contributed by atoms with Gasteiger partial charge in [0.2, 0.25) is 17.7 Å². The van der Waals surface area contributed by atoms with Crippen molar-refractivity contribution in [2.24, 2.45) is 5.41 Å². The number of anilines is 1. The Kier molecular flexibility index (Phi) is 11.8. The molecule has 1 amide bonds. The Bertz CT molecular complexity index is 2270. The molecule has 3 aliphatic rings. The predicted octanol–water partition coefficient (Wildman–Crippen LogP) is 6.55. The van der Waals surface area contributed by atoms with Gasteiger partial charge < -0.3 is 30.5 Å². The Hall–Kier alpha value is -5.50. The number of nitrogens with zero attached hydrogens (tertiary/aromatic N) is 5. The summed E-state index contributed by atoms with van der Waals surface area (Å²) in [6.45, 7) is 2.87. The third kappa shape index (κ3) is 8.52. The van der Waals surface area contributed by atoms with Gasteiger partial charge in [-0.15, -0.1) is 0 Å². The number of methoxy groups -OCH3 is 1. The lowest BCUT2D eigenvalue weighted by atomic mass is 9.90. The number of carbonyl (C=O) groups excluding carboxylic acids is 1. The number of nitriles is 1. The summed E-state index contributed by atoms with van der Waals surface area (Å²) in [5.74, 6) is -1.18. The molecule has 13 nitrogen and oxygen atoms in total. The van der Waals surface area contributed by atoms with E-state index in [1.807, 2.05) is 54.6 Å². The second kappa shape index (κ2) is 16.8. The topological polar surface area (TPSA) is 175 Å². The number of ether oxygens (including phenoxy) is 2. The molecular weight excluding hydrogens is 777 g/mol. The first-order valence-corrected chi connectivity index (χ1v) is 19.3. The first kappa shape index (κ1) is 40.7. The number of hydrogen-bond donors (Lipinski definition) is 4. The molecule has 17 heteroatoms. The number of halogens is 4. The molecule has 0 unspecified atom stereocenters. The van der Waals surface area contributed by atoms with Gasteiger partial charge in [-0.25, -0.2) is 9.97 Å². The number of alkyl halides is 3. The highest BCUT2D eigenvalue weighted by Crippen LogP contribution is 2.45. The van der Waals surface area contributed by atoms with Crippen molar-refractivity contribution < 1.29 is 37.3 Å². The molecule has 3 atom stereocenters. The number of fused-ring (bicyclic) bond motifs is 1. The van der Waals surface area contributed by atoms with E-state index in [1.54, 1.807) is 11.8 Å². The molecule has 304 valence electrons. The summed E-state index contributed by atoms with van der Waals surface area (Å²) in [6, 6.07) is 16.4. The predicted molar refractivity (Wildman–Crippen MR) is 208 cm³/mol. The van der Waals surface area contributed by atoms with E-state index in [0.29, 0.717) is 67.2 Å². The summed E-state index contributed by atoms with van der Waals surface area (Å²) < 4.78 is 54.9. The zero-order chi connectivity index (χ0) is 41.2. The molecular formula is C41H42ClF3N8O5. The van der Waals surface area contributed by atoms with Crippen LogP contribution in [0.2, 0.25) is 5.02 Å². The first-order chi connectivity index (χ1) is 27.8. The Morgan fingerprint density at radius 1 is 1.09 bits per heavy atom. The minimum atomic E-state index is -4.84. The maximum Gasteiger partial charge on any atom is 0.437 e. The standard InChI is InChI=1S/C41H42ClF3N8O5/c1-40(39(55)56)15-17-53(22-40)21-32-38(57-2)52-36(35(49-32)41(43,44)45)50-30-13-11-26-25(5-3-6-27(26)30)28-7-4-8-29(34(28)42)31-12-9-23(37(51-31)58-18-16-46)19-47-20-24-10-14-33(54)48-24/h3-9,12,24,30,47H,10-11,13-15,17-22H2,1-2H3,(H,48,54)(H,50,52)(H,55,56)/t24-,30-,40+/m0/s1. The van der Waals surface area contributed by atoms with Crippen molar-refractivity contribution in [3.63, 3.8) is 0 Å².